The van der Waals surface area contributed by atoms with Crippen LogP contribution in [0.5, 0.6) is 0 Å². The second kappa shape index (κ2) is 11.9. The molecule has 0 bridgehead atoms. The van der Waals surface area contributed by atoms with Crippen molar-refractivity contribution in [3.8, 4) is 0 Å². The lowest BCUT2D eigenvalue weighted by atomic mass is 9.84. The summed E-state index contributed by atoms with van der Waals surface area (Å²) in [6.45, 7) is 3.95. The number of carbonyl (C=O) groups excluding carboxylic acids is 2. The molecule has 2 aromatic rings. The van der Waals surface area contributed by atoms with Gasteiger partial charge in [-0.1, -0.05) is 13.8 Å². The summed E-state index contributed by atoms with van der Waals surface area (Å²) >= 11 is 0. The quantitative estimate of drug-likeness (QED) is 0.317. The Labute approximate surface area is 235 Å². The maximum absolute atomic E-state index is 13.7. The standard InChI is InChI=1S/C27H27F9N2O4/c1-5-42-24(40)38-20-7-6-16(25(28,29)30)11-19(20)22(12-21(38)14(2)3)37(23(39)41-4)13-15-8-17(26(31,32)33)10-18(9-15)27(34,35)36/h6-11,14,21-22H,5,12-13H2,1-4H3. The first-order chi connectivity index (χ1) is 19.3. The third kappa shape index (κ3) is 7.04. The molecule has 1 aliphatic rings. The molecule has 0 saturated heterocycles. The number of amides is 2. The summed E-state index contributed by atoms with van der Waals surface area (Å²) in [5.74, 6) is -0.378. The van der Waals surface area contributed by atoms with Crippen molar-refractivity contribution in [2.75, 3.05) is 18.6 Å². The van der Waals surface area contributed by atoms with Gasteiger partial charge in [0, 0.05) is 12.6 Å². The Kier molecular flexibility index (Phi) is 9.32. The number of methoxy groups -OCH3 is 1. The Morgan fingerprint density at radius 2 is 1.45 bits per heavy atom. The number of rotatable bonds is 5. The molecule has 1 heterocycles. The molecule has 0 saturated carbocycles. The van der Waals surface area contributed by atoms with Crippen molar-refractivity contribution in [1.29, 1.82) is 0 Å². The Morgan fingerprint density at radius 3 is 1.90 bits per heavy atom. The van der Waals surface area contributed by atoms with Crippen LogP contribution in [-0.2, 0) is 34.5 Å². The van der Waals surface area contributed by atoms with E-state index in [1.807, 2.05) is 0 Å². The van der Waals surface area contributed by atoms with Gasteiger partial charge >= 0.3 is 30.7 Å². The summed E-state index contributed by atoms with van der Waals surface area (Å²) in [6, 6.07) is 1.04. The molecule has 1 aliphatic heterocycles. The number of benzene rings is 2. The minimum Gasteiger partial charge on any atom is -0.453 e. The molecule has 0 fully saturated rings. The lowest BCUT2D eigenvalue weighted by molar-refractivity contribution is -0.143. The monoisotopic (exact) mass is 614 g/mol. The van der Waals surface area contributed by atoms with Gasteiger partial charge in [0.15, 0.2) is 0 Å². The maximum atomic E-state index is 13.7. The molecule has 0 aliphatic carbocycles. The summed E-state index contributed by atoms with van der Waals surface area (Å²) in [6.07, 6.45) is -17.5. The number of hydrogen-bond donors (Lipinski definition) is 0. The summed E-state index contributed by atoms with van der Waals surface area (Å²) in [5.41, 5.74) is -5.29. The number of carbonyl (C=O) groups is 2. The molecule has 2 atom stereocenters. The molecule has 0 N–H and O–H groups in total. The van der Waals surface area contributed by atoms with E-state index in [1.165, 1.54) is 6.92 Å². The first-order valence-corrected chi connectivity index (χ1v) is 12.6. The minimum absolute atomic E-state index is 0.0645. The summed E-state index contributed by atoms with van der Waals surface area (Å²) in [7, 11) is 0.906. The number of nitrogens with zero attached hydrogens (tertiary/aromatic N) is 2. The normalized spacial score (nSPS) is 17.6. The van der Waals surface area contributed by atoms with Crippen LogP contribution in [0.1, 0.15) is 61.1 Å². The first-order valence-electron chi connectivity index (χ1n) is 12.6. The Bertz CT molecular complexity index is 1270. The summed E-state index contributed by atoms with van der Waals surface area (Å²) in [4.78, 5) is 27.8. The minimum atomic E-state index is -5.17. The van der Waals surface area contributed by atoms with E-state index >= 15 is 0 Å². The van der Waals surface area contributed by atoms with Gasteiger partial charge in [0.05, 0.1) is 42.1 Å². The van der Waals surface area contributed by atoms with Crippen molar-refractivity contribution in [3.63, 3.8) is 0 Å². The molecule has 232 valence electrons. The molecule has 0 aromatic heterocycles. The van der Waals surface area contributed by atoms with Gasteiger partial charge in [0.25, 0.3) is 0 Å². The lowest BCUT2D eigenvalue weighted by Gasteiger charge is -2.45. The topological polar surface area (TPSA) is 59.1 Å². The zero-order valence-electron chi connectivity index (χ0n) is 22.7. The van der Waals surface area contributed by atoms with Gasteiger partial charge < -0.3 is 9.47 Å². The van der Waals surface area contributed by atoms with E-state index in [2.05, 4.69) is 0 Å². The SMILES string of the molecule is CCOC(=O)N1c2ccc(C(F)(F)F)cc2C(N(Cc2cc(C(F)(F)F)cc(C(F)(F)F)c2)C(=O)OC)CC1C(C)C. The van der Waals surface area contributed by atoms with Crippen molar-refractivity contribution >= 4 is 17.9 Å². The van der Waals surface area contributed by atoms with E-state index in [-0.39, 0.29) is 36.3 Å². The number of anilines is 1. The predicted molar refractivity (Wildman–Crippen MR) is 131 cm³/mol. The van der Waals surface area contributed by atoms with Crippen molar-refractivity contribution in [3.05, 3.63) is 64.2 Å². The van der Waals surface area contributed by atoms with Crippen LogP contribution in [0.4, 0.5) is 54.8 Å². The number of hydrogen-bond acceptors (Lipinski definition) is 4. The van der Waals surface area contributed by atoms with E-state index < -0.39 is 71.6 Å². The van der Waals surface area contributed by atoms with E-state index in [0.717, 1.165) is 29.0 Å². The highest BCUT2D eigenvalue weighted by Crippen LogP contribution is 2.46. The largest absolute Gasteiger partial charge is 0.453 e. The highest BCUT2D eigenvalue weighted by atomic mass is 19.4. The highest BCUT2D eigenvalue weighted by molar-refractivity contribution is 5.90. The predicted octanol–water partition coefficient (Wildman–Crippen LogP) is 8.44. The molecule has 6 nitrogen and oxygen atoms in total. The fourth-order valence-electron chi connectivity index (χ4n) is 4.88. The molecule has 3 rings (SSSR count). The lowest BCUT2D eigenvalue weighted by Crippen LogP contribution is -2.51. The van der Waals surface area contributed by atoms with Gasteiger partial charge in [-0.25, -0.2) is 9.59 Å². The number of ether oxygens (including phenoxy) is 2. The average Bonchev–Trinajstić information content (AvgIpc) is 2.88. The molecule has 0 spiro atoms. The number of halogens is 9. The second-order valence-electron chi connectivity index (χ2n) is 9.92. The van der Waals surface area contributed by atoms with E-state index in [4.69, 9.17) is 9.47 Å². The van der Waals surface area contributed by atoms with Gasteiger partial charge in [-0.05, 0) is 66.8 Å². The van der Waals surface area contributed by atoms with Crippen LogP contribution in [0.3, 0.4) is 0 Å². The van der Waals surface area contributed by atoms with Gasteiger partial charge in [-0.2, -0.15) is 39.5 Å². The molecule has 42 heavy (non-hydrogen) atoms. The summed E-state index contributed by atoms with van der Waals surface area (Å²) < 4.78 is 132. The maximum Gasteiger partial charge on any atom is 0.416 e. The van der Waals surface area contributed by atoms with E-state index in [0.29, 0.717) is 18.2 Å². The van der Waals surface area contributed by atoms with Crippen molar-refractivity contribution in [2.45, 2.75) is 64.3 Å². The molecule has 2 aromatic carbocycles. The smallest absolute Gasteiger partial charge is 0.416 e. The molecular formula is C27H27F9N2O4. The van der Waals surface area contributed by atoms with Crippen LogP contribution in [-0.4, -0.2) is 36.8 Å². The van der Waals surface area contributed by atoms with Gasteiger partial charge in [-0.15, -0.1) is 0 Å². The molecule has 0 radical (unpaired) electrons. The van der Waals surface area contributed by atoms with E-state index in [9.17, 15) is 49.1 Å². The number of fused-ring (bicyclic) bond motifs is 1. The van der Waals surface area contributed by atoms with Gasteiger partial charge in [-0.3, -0.25) is 9.80 Å². The zero-order valence-corrected chi connectivity index (χ0v) is 22.7. The van der Waals surface area contributed by atoms with Gasteiger partial charge in [0.1, 0.15) is 0 Å². The first kappa shape index (κ1) is 32.9. The van der Waals surface area contributed by atoms with Crippen molar-refractivity contribution < 1.29 is 58.6 Å². The van der Waals surface area contributed by atoms with E-state index in [1.54, 1.807) is 13.8 Å². The van der Waals surface area contributed by atoms with Crippen LogP contribution in [0.2, 0.25) is 0 Å². The molecule has 2 amide bonds. The van der Waals surface area contributed by atoms with Gasteiger partial charge in [0.2, 0.25) is 0 Å². The Morgan fingerprint density at radius 1 is 0.905 bits per heavy atom. The molecular weight excluding hydrogens is 587 g/mol. The van der Waals surface area contributed by atoms with Crippen LogP contribution in [0.15, 0.2) is 36.4 Å². The highest BCUT2D eigenvalue weighted by Gasteiger charge is 2.44. The van der Waals surface area contributed by atoms with Crippen molar-refractivity contribution in [1.82, 2.24) is 4.90 Å². The van der Waals surface area contributed by atoms with Crippen LogP contribution in [0, 0.1) is 5.92 Å². The Hall–Kier alpha value is -3.65. The average molecular weight is 615 g/mol. The number of alkyl halides is 9. The summed E-state index contributed by atoms with van der Waals surface area (Å²) in [5, 5.41) is 0. The zero-order chi connectivity index (χ0) is 31.8. The Balaban J connectivity index is 2.26. The van der Waals surface area contributed by atoms with Crippen LogP contribution in [0.25, 0.3) is 0 Å². The second-order valence-corrected chi connectivity index (χ2v) is 9.92. The van der Waals surface area contributed by atoms with Crippen LogP contribution < -0.4 is 4.90 Å². The van der Waals surface area contributed by atoms with Crippen LogP contribution >= 0.6 is 0 Å². The third-order valence-corrected chi connectivity index (χ3v) is 6.79. The van der Waals surface area contributed by atoms with Crippen molar-refractivity contribution in [2.24, 2.45) is 5.92 Å². The fraction of sp³-hybridized carbons (Fsp3) is 0.481. The third-order valence-electron chi connectivity index (χ3n) is 6.79. The molecule has 15 heteroatoms. The molecule has 2 unspecified atom stereocenters. The fourth-order valence-corrected chi connectivity index (χ4v) is 4.88.